The first-order valence-corrected chi connectivity index (χ1v) is 2.79. The molecule has 0 saturated heterocycles. The van der Waals surface area contributed by atoms with Crippen LogP contribution in [0.15, 0.2) is 24.5 Å². The maximum absolute atomic E-state index is 9.69. The van der Waals surface area contributed by atoms with Crippen molar-refractivity contribution in [2.75, 3.05) is 0 Å². The van der Waals surface area contributed by atoms with Gasteiger partial charge in [0.2, 0.25) is 0 Å². The van der Waals surface area contributed by atoms with Crippen molar-refractivity contribution in [1.29, 1.82) is 0 Å². The number of carbonyl (C=O) groups is 1. The smallest absolute Gasteiger partial charge is 0.142 e. The molecule has 0 bridgehead atoms. The lowest BCUT2D eigenvalue weighted by Crippen LogP contribution is -1.83. The van der Waals surface area contributed by atoms with E-state index in [1.54, 1.807) is 6.08 Å². The Hall–Kier alpha value is -1.05. The van der Waals surface area contributed by atoms with Gasteiger partial charge in [-0.05, 0) is 18.9 Å². The van der Waals surface area contributed by atoms with E-state index < -0.39 is 0 Å². The molecule has 0 spiro atoms. The van der Waals surface area contributed by atoms with Crippen molar-refractivity contribution in [2.45, 2.75) is 12.8 Å². The third-order valence-corrected chi connectivity index (χ3v) is 0.811. The molecule has 0 aliphatic heterocycles. The summed E-state index contributed by atoms with van der Waals surface area (Å²) in [6, 6.07) is 0. The van der Waals surface area contributed by atoms with Gasteiger partial charge in [-0.25, -0.2) is 0 Å². The van der Waals surface area contributed by atoms with Crippen molar-refractivity contribution in [3.8, 4) is 0 Å². The fraction of sp³-hybridized carbons (Fsp3) is 0.286. The standard InChI is InChI=1S/C7H10O2/c8-6-4-2-1-3-5-7-9/h2,4-7,9H,1,3H2/p-1/b4-2?,7-5-. The van der Waals surface area contributed by atoms with Crippen LogP contribution >= 0.6 is 0 Å². The van der Waals surface area contributed by atoms with Crippen molar-refractivity contribution in [2.24, 2.45) is 0 Å². The first kappa shape index (κ1) is 7.95. The molecule has 0 amide bonds. The van der Waals surface area contributed by atoms with E-state index >= 15 is 0 Å². The third kappa shape index (κ3) is 6.95. The average molecular weight is 125 g/mol. The average Bonchev–Trinajstić information content (AvgIpc) is 1.89. The second kappa shape index (κ2) is 6.95. The molecule has 0 aromatic heterocycles. The van der Waals surface area contributed by atoms with Gasteiger partial charge in [0.05, 0.1) is 0 Å². The molecule has 0 aromatic carbocycles. The van der Waals surface area contributed by atoms with E-state index in [0.717, 1.165) is 19.0 Å². The Balaban J connectivity index is 3.08. The molecule has 2 nitrogen and oxygen atoms in total. The van der Waals surface area contributed by atoms with Crippen LogP contribution in [0.2, 0.25) is 0 Å². The maximum Gasteiger partial charge on any atom is 0.142 e. The first-order chi connectivity index (χ1) is 4.41. The molecule has 0 rings (SSSR count). The zero-order valence-electron chi connectivity index (χ0n) is 5.12. The zero-order chi connectivity index (χ0) is 6.95. The molecule has 0 atom stereocenters. The fourth-order valence-corrected chi connectivity index (χ4v) is 0.412. The number of carbonyl (C=O) groups excluding carboxylic acids is 1. The van der Waals surface area contributed by atoms with Crippen molar-refractivity contribution in [3.05, 3.63) is 24.5 Å². The molecule has 2 heteroatoms. The molecule has 9 heavy (non-hydrogen) atoms. The van der Waals surface area contributed by atoms with Crippen LogP contribution in [-0.2, 0) is 4.79 Å². The van der Waals surface area contributed by atoms with E-state index in [9.17, 15) is 9.90 Å². The minimum Gasteiger partial charge on any atom is -0.878 e. The Kier molecular flexibility index (Phi) is 6.14. The first-order valence-electron chi connectivity index (χ1n) is 2.79. The summed E-state index contributed by atoms with van der Waals surface area (Å²) >= 11 is 0. The Labute approximate surface area is 54.5 Å². The van der Waals surface area contributed by atoms with E-state index in [1.807, 2.05) is 0 Å². The van der Waals surface area contributed by atoms with Crippen LogP contribution in [0, 0.1) is 0 Å². The second-order valence-electron chi connectivity index (χ2n) is 1.51. The molecule has 0 aromatic rings. The van der Waals surface area contributed by atoms with Crippen LogP contribution in [0.4, 0.5) is 0 Å². The van der Waals surface area contributed by atoms with Crippen LogP contribution in [0.1, 0.15) is 12.8 Å². The molecule has 0 aliphatic rings. The lowest BCUT2D eigenvalue weighted by atomic mass is 10.3. The van der Waals surface area contributed by atoms with E-state index in [-0.39, 0.29) is 0 Å². The minimum absolute atomic E-state index is 0.716. The predicted octanol–water partition coefficient (Wildman–Crippen LogP) is 0.396. The maximum atomic E-state index is 9.69. The Morgan fingerprint density at radius 1 is 1.22 bits per heavy atom. The van der Waals surface area contributed by atoms with Gasteiger partial charge in [-0.2, -0.15) is 6.26 Å². The number of allylic oxidation sites excluding steroid dienone is 3. The summed E-state index contributed by atoms with van der Waals surface area (Å²) in [5.74, 6) is 0. The van der Waals surface area contributed by atoms with Gasteiger partial charge in [-0.3, -0.25) is 4.79 Å². The van der Waals surface area contributed by atoms with Crippen LogP contribution in [0.5, 0.6) is 0 Å². The summed E-state index contributed by atoms with van der Waals surface area (Å²) in [4.78, 5) is 9.67. The van der Waals surface area contributed by atoms with E-state index in [2.05, 4.69) is 0 Å². The Bertz CT molecular complexity index is 114. The minimum atomic E-state index is 0.716. The summed E-state index contributed by atoms with van der Waals surface area (Å²) < 4.78 is 0. The van der Waals surface area contributed by atoms with Gasteiger partial charge in [0.15, 0.2) is 0 Å². The lowest BCUT2D eigenvalue weighted by molar-refractivity contribution is -0.275. The summed E-state index contributed by atoms with van der Waals surface area (Å²) in [6.07, 6.45) is 7.64. The van der Waals surface area contributed by atoms with Crippen LogP contribution in [-0.4, -0.2) is 6.29 Å². The molecule has 0 N–H and O–H groups in total. The molecule has 0 unspecified atom stereocenters. The molecule has 0 radical (unpaired) electrons. The van der Waals surface area contributed by atoms with Gasteiger partial charge >= 0.3 is 0 Å². The Morgan fingerprint density at radius 2 is 1.89 bits per heavy atom. The van der Waals surface area contributed by atoms with Gasteiger partial charge < -0.3 is 5.11 Å². The predicted molar refractivity (Wildman–Crippen MR) is 33.6 cm³/mol. The quantitative estimate of drug-likeness (QED) is 0.236. The number of rotatable bonds is 4. The van der Waals surface area contributed by atoms with Crippen LogP contribution in [0.25, 0.3) is 0 Å². The van der Waals surface area contributed by atoms with Gasteiger partial charge in [-0.15, -0.1) is 0 Å². The molecule has 0 fully saturated rings. The number of hydrogen-bond donors (Lipinski definition) is 0. The highest BCUT2D eigenvalue weighted by atomic mass is 16.2. The monoisotopic (exact) mass is 125 g/mol. The van der Waals surface area contributed by atoms with Crippen molar-refractivity contribution >= 4 is 6.29 Å². The fourth-order valence-electron chi connectivity index (χ4n) is 0.412. The van der Waals surface area contributed by atoms with E-state index in [1.165, 1.54) is 12.2 Å². The number of unbranched alkanes of at least 4 members (excludes halogenated alkanes) is 1. The summed E-state index contributed by atoms with van der Waals surface area (Å²) in [5, 5.41) is 9.69. The van der Waals surface area contributed by atoms with Gasteiger partial charge in [-0.1, -0.05) is 12.2 Å². The van der Waals surface area contributed by atoms with Crippen molar-refractivity contribution in [3.63, 3.8) is 0 Å². The third-order valence-electron chi connectivity index (χ3n) is 0.811. The lowest BCUT2D eigenvalue weighted by Gasteiger charge is -1.87. The molecular formula is C7H9O2-. The SMILES string of the molecule is O=CC=CCC/C=C\[O-]. The highest BCUT2D eigenvalue weighted by Crippen LogP contribution is 1.89. The van der Waals surface area contributed by atoms with Gasteiger partial charge in [0.1, 0.15) is 6.29 Å². The summed E-state index contributed by atoms with van der Waals surface area (Å²) in [7, 11) is 0. The van der Waals surface area contributed by atoms with Crippen LogP contribution in [0.3, 0.4) is 0 Å². The second-order valence-corrected chi connectivity index (χ2v) is 1.51. The Morgan fingerprint density at radius 3 is 2.44 bits per heavy atom. The summed E-state index contributed by atoms with van der Waals surface area (Å²) in [5.41, 5.74) is 0. The number of hydrogen-bond acceptors (Lipinski definition) is 2. The van der Waals surface area contributed by atoms with E-state index in [0.29, 0.717) is 6.42 Å². The zero-order valence-corrected chi connectivity index (χ0v) is 5.12. The highest BCUT2D eigenvalue weighted by Gasteiger charge is 1.71. The van der Waals surface area contributed by atoms with E-state index in [4.69, 9.17) is 0 Å². The van der Waals surface area contributed by atoms with Gasteiger partial charge in [0, 0.05) is 0 Å². The topological polar surface area (TPSA) is 40.1 Å². The van der Waals surface area contributed by atoms with Crippen molar-refractivity contribution in [1.82, 2.24) is 0 Å². The van der Waals surface area contributed by atoms with Crippen molar-refractivity contribution < 1.29 is 9.90 Å². The normalized spacial score (nSPS) is 11.1. The molecule has 0 aliphatic carbocycles. The molecular weight excluding hydrogens is 116 g/mol. The number of aldehydes is 1. The van der Waals surface area contributed by atoms with Gasteiger partial charge in [0.25, 0.3) is 0 Å². The molecule has 0 heterocycles. The summed E-state index contributed by atoms with van der Waals surface area (Å²) in [6.45, 7) is 0. The van der Waals surface area contributed by atoms with Crippen LogP contribution < -0.4 is 5.11 Å². The highest BCUT2D eigenvalue weighted by molar-refractivity contribution is 5.64. The molecule has 0 saturated carbocycles. The largest absolute Gasteiger partial charge is 0.878 e. The molecule has 50 valence electrons.